The van der Waals surface area contributed by atoms with Crippen LogP contribution in [0.25, 0.3) is 22.2 Å². The molecular formula is C22H25F2N8O9P2S2+. The van der Waals surface area contributed by atoms with Crippen LogP contribution in [0.15, 0.2) is 36.0 Å². The Labute approximate surface area is 262 Å². The summed E-state index contributed by atoms with van der Waals surface area (Å²) in [4.78, 5) is 41.8. The molecule has 2 fully saturated rings. The lowest BCUT2D eigenvalue weighted by Crippen LogP contribution is -2.35. The van der Waals surface area contributed by atoms with Crippen molar-refractivity contribution in [2.24, 2.45) is 0 Å². The summed E-state index contributed by atoms with van der Waals surface area (Å²) >= 11 is 8.95. The molecule has 242 valence electrons. The van der Waals surface area contributed by atoms with E-state index in [0.29, 0.717) is 5.52 Å². The molecule has 4 aromatic rings. The van der Waals surface area contributed by atoms with Crippen molar-refractivity contribution in [1.82, 2.24) is 34.1 Å². The van der Waals surface area contributed by atoms with Gasteiger partial charge in [0.05, 0.1) is 31.4 Å². The summed E-state index contributed by atoms with van der Waals surface area (Å²) in [6, 6.07) is 1.53. The van der Waals surface area contributed by atoms with Gasteiger partial charge in [-0.1, -0.05) is 0 Å². The number of aromatic amines is 1. The molecule has 0 aromatic carbocycles. The van der Waals surface area contributed by atoms with Crippen LogP contribution in [-0.2, 0) is 39.4 Å². The van der Waals surface area contributed by atoms with Crippen LogP contribution in [-0.4, -0.2) is 94.0 Å². The smallest absolute Gasteiger partial charge is 0.393 e. The van der Waals surface area contributed by atoms with E-state index in [0.717, 1.165) is 6.33 Å². The molecule has 0 aliphatic carbocycles. The van der Waals surface area contributed by atoms with Crippen LogP contribution >= 0.6 is 26.2 Å². The maximum atomic E-state index is 15.7. The number of pyridine rings is 1. The van der Waals surface area contributed by atoms with Crippen molar-refractivity contribution in [3.05, 3.63) is 41.6 Å². The van der Waals surface area contributed by atoms with Gasteiger partial charge in [-0.05, 0) is 22.4 Å². The van der Waals surface area contributed by atoms with Crippen molar-refractivity contribution in [2.75, 3.05) is 25.6 Å². The Bertz CT molecular complexity index is 1840. The number of thiol groups is 1. The highest BCUT2D eigenvalue weighted by Crippen LogP contribution is 2.52. The largest absolute Gasteiger partial charge is 0.582 e. The topological polar surface area (TPSA) is 224 Å². The number of aliphatic hydroxyl groups is 1. The zero-order chi connectivity index (χ0) is 32.1. The number of alkyl halides is 2. The van der Waals surface area contributed by atoms with Gasteiger partial charge in [0.2, 0.25) is 0 Å². The normalized spacial score (nSPS) is 30.3. The first-order chi connectivity index (χ1) is 21.5. The molecule has 23 heteroatoms. The second-order valence-corrected chi connectivity index (χ2v) is 14.6. The predicted molar refractivity (Wildman–Crippen MR) is 158 cm³/mol. The summed E-state index contributed by atoms with van der Waals surface area (Å²) in [6.45, 7) is -6.70. The number of anilines is 1. The quantitative estimate of drug-likeness (QED) is 0.110. The molecule has 2 aliphatic heterocycles. The Kier molecular flexibility index (Phi) is 9.05. The minimum atomic E-state index is -4.25. The number of hydrogen-bond donors (Lipinski definition) is 5. The van der Waals surface area contributed by atoms with Crippen molar-refractivity contribution >= 4 is 66.0 Å². The second kappa shape index (κ2) is 12.6. The number of hydrogen-bond acceptors (Lipinski definition) is 14. The zero-order valence-corrected chi connectivity index (χ0v) is 26.2. The SMILES string of the molecule is Nc1ncnc2c1ncn2[C@@H]1O[C@H](COP(O)(=S)O[C@@H]2C[C@](CO)(CF)O[C@H]2n2cnc3c(=O)[nH]ccc32)[C@@H](O[P+](=O)S)[C@@H]1F. The van der Waals surface area contributed by atoms with Crippen molar-refractivity contribution < 1.29 is 46.4 Å². The van der Waals surface area contributed by atoms with E-state index < -0.39 is 81.9 Å². The Morgan fingerprint density at radius 2 is 2.02 bits per heavy atom. The highest BCUT2D eigenvalue weighted by molar-refractivity contribution is 8.39. The second-order valence-electron chi connectivity index (χ2n) is 10.2. The number of nitrogens with two attached hydrogens (primary N) is 1. The lowest BCUT2D eigenvalue weighted by atomic mass is 10.0. The van der Waals surface area contributed by atoms with E-state index in [9.17, 15) is 23.7 Å². The maximum Gasteiger partial charge on any atom is 0.582 e. The lowest BCUT2D eigenvalue weighted by molar-refractivity contribution is -0.115. The summed E-state index contributed by atoms with van der Waals surface area (Å²) < 4.78 is 72.5. The number of ether oxygens (including phenoxy) is 2. The number of fused-ring (bicyclic) bond motifs is 2. The van der Waals surface area contributed by atoms with Gasteiger partial charge in [0.1, 0.15) is 48.6 Å². The number of nitrogen functional groups attached to an aromatic ring is 1. The molecule has 17 nitrogen and oxygen atoms in total. The third-order valence-corrected chi connectivity index (χ3v) is 9.67. The number of H-pyrrole nitrogens is 1. The van der Waals surface area contributed by atoms with E-state index in [1.165, 1.54) is 34.1 Å². The molecule has 0 amide bonds. The van der Waals surface area contributed by atoms with Gasteiger partial charge in [0, 0.05) is 12.6 Å². The molecule has 5 N–H and O–H groups in total. The Hall–Kier alpha value is -2.55. The van der Waals surface area contributed by atoms with Crippen LogP contribution in [0.5, 0.6) is 0 Å². The van der Waals surface area contributed by atoms with Gasteiger partial charge in [-0.2, -0.15) is 0 Å². The fraction of sp³-hybridized carbons (Fsp3) is 0.500. The van der Waals surface area contributed by atoms with E-state index in [1.807, 2.05) is 0 Å². The first kappa shape index (κ1) is 32.4. The van der Waals surface area contributed by atoms with Gasteiger partial charge in [-0.25, -0.2) is 28.7 Å². The Morgan fingerprint density at radius 1 is 1.27 bits per heavy atom. The molecule has 9 atom stereocenters. The molecule has 6 heterocycles. The van der Waals surface area contributed by atoms with E-state index >= 15 is 4.39 Å². The molecule has 4 aromatic heterocycles. The minimum Gasteiger partial charge on any atom is -0.393 e. The first-order valence-corrected chi connectivity index (χ1v) is 18.0. The third kappa shape index (κ3) is 6.15. The number of halogens is 2. The first-order valence-electron chi connectivity index (χ1n) is 13.1. The van der Waals surface area contributed by atoms with Crippen LogP contribution in [0.1, 0.15) is 18.9 Å². The fourth-order valence-electron chi connectivity index (χ4n) is 5.29. The molecule has 45 heavy (non-hydrogen) atoms. The van der Waals surface area contributed by atoms with Crippen molar-refractivity contribution in [3.63, 3.8) is 0 Å². The molecule has 0 radical (unpaired) electrons. The van der Waals surface area contributed by atoms with Gasteiger partial charge in [0.25, 0.3) is 5.56 Å². The number of aromatic nitrogens is 7. The Morgan fingerprint density at radius 3 is 2.76 bits per heavy atom. The van der Waals surface area contributed by atoms with E-state index in [4.69, 9.17) is 40.6 Å². The minimum absolute atomic E-state index is 0.0547. The van der Waals surface area contributed by atoms with Gasteiger partial charge in [0.15, 0.2) is 41.7 Å². The van der Waals surface area contributed by atoms with Crippen molar-refractivity contribution in [3.8, 4) is 0 Å². The van der Waals surface area contributed by atoms with Crippen LogP contribution in [0.2, 0.25) is 0 Å². The summed E-state index contributed by atoms with van der Waals surface area (Å²) in [5.74, 6) is 0.0547. The van der Waals surface area contributed by atoms with E-state index in [1.54, 1.807) is 0 Å². The highest BCUT2D eigenvalue weighted by atomic mass is 32.7. The zero-order valence-electron chi connectivity index (χ0n) is 22.7. The number of aliphatic hydroxyl groups excluding tert-OH is 1. The van der Waals surface area contributed by atoms with Gasteiger partial charge < -0.3 is 43.8 Å². The maximum absolute atomic E-state index is 15.7. The van der Waals surface area contributed by atoms with Crippen LogP contribution in [0.3, 0.4) is 0 Å². The number of imidazole rings is 2. The average Bonchev–Trinajstić information content (AvgIpc) is 3.77. The molecule has 2 saturated heterocycles. The third-order valence-electron chi connectivity index (χ3n) is 7.38. The lowest BCUT2D eigenvalue weighted by Gasteiger charge is -2.26. The molecule has 6 rings (SSSR count). The number of rotatable bonds is 11. The van der Waals surface area contributed by atoms with Crippen LogP contribution in [0.4, 0.5) is 14.6 Å². The van der Waals surface area contributed by atoms with Crippen molar-refractivity contribution in [2.45, 2.75) is 49.0 Å². The number of nitrogens with one attached hydrogen (secondary N) is 1. The van der Waals surface area contributed by atoms with Gasteiger partial charge >= 0.3 is 13.9 Å². The molecule has 2 aliphatic rings. The van der Waals surface area contributed by atoms with Gasteiger partial charge in [-0.3, -0.25) is 9.36 Å². The summed E-state index contributed by atoms with van der Waals surface area (Å²) in [5, 5.41) is 9.93. The summed E-state index contributed by atoms with van der Waals surface area (Å²) in [6.07, 6.45) is -3.78. The van der Waals surface area contributed by atoms with Crippen molar-refractivity contribution in [1.29, 1.82) is 0 Å². The Balaban J connectivity index is 1.22. The van der Waals surface area contributed by atoms with Crippen LogP contribution < -0.4 is 11.3 Å². The predicted octanol–water partition coefficient (Wildman–Crippen LogP) is 1.59. The monoisotopic (exact) mass is 709 g/mol. The fourth-order valence-corrected chi connectivity index (χ4v) is 7.51. The van der Waals surface area contributed by atoms with Crippen LogP contribution in [0, 0.1) is 0 Å². The molecule has 2 unspecified atom stereocenters. The summed E-state index contributed by atoms with van der Waals surface area (Å²) in [5.41, 5.74) is 4.33. The standard InChI is InChI=1S/C22H24F2N8O9P2S2/c23-5-22(6-33)3-11(20(39-22)31-8-29-14-10(31)1-2-26-19(14)34)41-43(36,45)37-4-12-16(40-42(35)44)13(24)21(38-12)32-9-30-15-17(25)27-7-28-18(15)32/h1-2,7-9,11-13,16,20-21,33H,3-6H2,(H4-,25,26,27,28,34,35,36,44,45)/p+1/t11-,12-,13+,16-,20-,21-,22-,43?/m1/s1. The molecule has 0 spiro atoms. The average molecular weight is 710 g/mol. The summed E-state index contributed by atoms with van der Waals surface area (Å²) in [7, 11) is -2.61. The van der Waals surface area contributed by atoms with E-state index in [-0.39, 0.29) is 28.9 Å². The molecule has 0 bridgehead atoms. The van der Waals surface area contributed by atoms with E-state index in [2.05, 4.69) is 37.2 Å². The highest BCUT2D eigenvalue weighted by Gasteiger charge is 2.53. The molecule has 0 saturated carbocycles. The number of nitrogens with zero attached hydrogens (tertiary/aromatic N) is 6. The van der Waals surface area contributed by atoms with Gasteiger partial charge in [-0.15, -0.1) is 4.52 Å². The molecular weight excluding hydrogens is 684 g/mol.